The highest BCUT2D eigenvalue weighted by atomic mass is 16.5. The summed E-state index contributed by atoms with van der Waals surface area (Å²) in [6.45, 7) is 0.652. The summed E-state index contributed by atoms with van der Waals surface area (Å²) in [4.78, 5) is 0. The zero-order chi connectivity index (χ0) is 23.8. The molecule has 0 unspecified atom stereocenters. The number of benzene rings is 4. The van der Waals surface area contributed by atoms with Crippen molar-refractivity contribution < 1.29 is 18.6 Å². The van der Waals surface area contributed by atoms with E-state index in [1.54, 1.807) is 14.2 Å². The van der Waals surface area contributed by atoms with Crippen LogP contribution in [0.4, 0.5) is 0 Å². The Morgan fingerprint density at radius 2 is 1.34 bits per heavy atom. The van der Waals surface area contributed by atoms with Crippen molar-refractivity contribution in [2.45, 2.75) is 19.3 Å². The maximum absolute atomic E-state index is 6.51. The van der Waals surface area contributed by atoms with Crippen LogP contribution < -0.4 is 14.2 Å². The largest absolute Gasteiger partial charge is 0.497 e. The first kappa shape index (κ1) is 21.6. The molecule has 0 bridgehead atoms. The van der Waals surface area contributed by atoms with Gasteiger partial charge in [-0.2, -0.15) is 0 Å². The van der Waals surface area contributed by atoms with Crippen molar-refractivity contribution in [3.63, 3.8) is 0 Å². The molecule has 4 heteroatoms. The molecule has 176 valence electrons. The molecule has 0 atom stereocenters. The van der Waals surface area contributed by atoms with Crippen LogP contribution >= 0.6 is 0 Å². The summed E-state index contributed by atoms with van der Waals surface area (Å²) in [7, 11) is 3.40. The maximum atomic E-state index is 6.51. The summed E-state index contributed by atoms with van der Waals surface area (Å²) in [5.74, 6) is 2.70. The molecule has 1 aliphatic heterocycles. The van der Waals surface area contributed by atoms with Crippen molar-refractivity contribution in [3.8, 4) is 17.2 Å². The van der Waals surface area contributed by atoms with Crippen LogP contribution in [-0.2, 0) is 19.3 Å². The average Bonchev–Trinajstić information content (AvgIpc) is 3.25. The standard InChI is InChI=1S/C31H28O4/c1-32-24-11-7-21(8-12-24)17-31(18-22-9-13-25(33-2)14-10-22)19-23-15-30-27(16-29(23)34-20-31)26-5-3-4-6-28(26)35-30/h3-16H,17-20H2,1-2H3. The van der Waals surface area contributed by atoms with Gasteiger partial charge in [-0.25, -0.2) is 0 Å². The number of hydrogen-bond donors (Lipinski definition) is 0. The van der Waals surface area contributed by atoms with Gasteiger partial charge in [0.05, 0.1) is 20.8 Å². The number of fused-ring (bicyclic) bond motifs is 4. The summed E-state index contributed by atoms with van der Waals surface area (Å²) < 4.78 is 23.4. The van der Waals surface area contributed by atoms with Gasteiger partial charge in [-0.05, 0) is 78.4 Å². The highest BCUT2D eigenvalue weighted by Gasteiger charge is 2.37. The molecule has 5 aromatic rings. The predicted octanol–water partition coefficient (Wildman–Crippen LogP) is 7.01. The topological polar surface area (TPSA) is 40.8 Å². The van der Waals surface area contributed by atoms with E-state index in [-0.39, 0.29) is 5.41 Å². The van der Waals surface area contributed by atoms with Gasteiger partial charge in [-0.15, -0.1) is 0 Å². The minimum Gasteiger partial charge on any atom is -0.497 e. The first-order valence-corrected chi connectivity index (χ1v) is 12.0. The van der Waals surface area contributed by atoms with Crippen LogP contribution in [0.5, 0.6) is 17.2 Å². The Balaban J connectivity index is 1.38. The lowest BCUT2D eigenvalue weighted by Gasteiger charge is -2.38. The van der Waals surface area contributed by atoms with Gasteiger partial charge < -0.3 is 18.6 Å². The molecular weight excluding hydrogens is 436 g/mol. The fourth-order valence-electron chi connectivity index (χ4n) is 5.39. The van der Waals surface area contributed by atoms with E-state index < -0.39 is 0 Å². The molecule has 4 aromatic carbocycles. The van der Waals surface area contributed by atoms with Crippen molar-refractivity contribution in [1.29, 1.82) is 0 Å². The van der Waals surface area contributed by atoms with Crippen LogP contribution in [0.2, 0.25) is 0 Å². The summed E-state index contributed by atoms with van der Waals surface area (Å²) >= 11 is 0. The van der Waals surface area contributed by atoms with Gasteiger partial charge in [0.2, 0.25) is 0 Å². The quantitative estimate of drug-likeness (QED) is 0.271. The second-order valence-electron chi connectivity index (χ2n) is 9.57. The van der Waals surface area contributed by atoms with E-state index in [2.05, 4.69) is 42.5 Å². The Hall–Kier alpha value is -3.92. The van der Waals surface area contributed by atoms with E-state index >= 15 is 0 Å². The third-order valence-corrected chi connectivity index (χ3v) is 7.14. The highest BCUT2D eigenvalue weighted by Crippen LogP contribution is 2.43. The summed E-state index contributed by atoms with van der Waals surface area (Å²) in [5.41, 5.74) is 5.48. The van der Waals surface area contributed by atoms with Crippen LogP contribution in [0.1, 0.15) is 16.7 Å². The third-order valence-electron chi connectivity index (χ3n) is 7.14. The summed E-state index contributed by atoms with van der Waals surface area (Å²) in [6, 6.07) is 29.3. The first-order valence-electron chi connectivity index (χ1n) is 12.0. The highest BCUT2D eigenvalue weighted by molar-refractivity contribution is 6.05. The molecule has 6 rings (SSSR count). The Morgan fingerprint density at radius 3 is 1.97 bits per heavy atom. The average molecular weight is 465 g/mol. The normalized spacial score (nSPS) is 14.5. The van der Waals surface area contributed by atoms with E-state index in [1.165, 1.54) is 16.7 Å². The molecule has 0 aliphatic carbocycles. The lowest BCUT2D eigenvalue weighted by atomic mass is 9.71. The zero-order valence-electron chi connectivity index (χ0n) is 20.0. The van der Waals surface area contributed by atoms with Crippen molar-refractivity contribution in [1.82, 2.24) is 0 Å². The number of rotatable bonds is 6. The Kier molecular flexibility index (Phi) is 5.37. The SMILES string of the molecule is COc1ccc(CC2(Cc3ccc(OC)cc3)COc3cc4c(cc3C2)oc2ccccc24)cc1. The lowest BCUT2D eigenvalue weighted by molar-refractivity contribution is 0.119. The van der Waals surface area contributed by atoms with Crippen molar-refractivity contribution >= 4 is 21.9 Å². The van der Waals surface area contributed by atoms with Gasteiger partial charge in [-0.3, -0.25) is 0 Å². The molecule has 0 spiro atoms. The number of ether oxygens (including phenoxy) is 3. The van der Waals surface area contributed by atoms with E-state index in [1.807, 2.05) is 42.5 Å². The molecule has 2 heterocycles. The smallest absolute Gasteiger partial charge is 0.135 e. The molecule has 0 fully saturated rings. The predicted molar refractivity (Wildman–Crippen MR) is 139 cm³/mol. The van der Waals surface area contributed by atoms with E-state index in [0.717, 1.165) is 58.4 Å². The van der Waals surface area contributed by atoms with E-state index in [4.69, 9.17) is 18.6 Å². The number of para-hydroxylation sites is 1. The molecule has 1 aliphatic rings. The summed E-state index contributed by atoms with van der Waals surface area (Å²) in [6.07, 6.45) is 2.72. The monoisotopic (exact) mass is 464 g/mol. The van der Waals surface area contributed by atoms with Gasteiger partial charge in [0.1, 0.15) is 28.4 Å². The van der Waals surface area contributed by atoms with Gasteiger partial charge in [0, 0.05) is 16.2 Å². The minimum atomic E-state index is -0.0874. The van der Waals surface area contributed by atoms with Crippen molar-refractivity contribution in [3.05, 3.63) is 102 Å². The zero-order valence-corrected chi connectivity index (χ0v) is 20.0. The van der Waals surface area contributed by atoms with Gasteiger partial charge >= 0.3 is 0 Å². The molecule has 0 radical (unpaired) electrons. The third kappa shape index (κ3) is 4.10. The number of hydrogen-bond acceptors (Lipinski definition) is 4. The first-order chi connectivity index (χ1) is 17.1. The fourth-order valence-corrected chi connectivity index (χ4v) is 5.39. The fraction of sp³-hybridized carbons (Fsp3) is 0.226. The molecule has 4 nitrogen and oxygen atoms in total. The lowest BCUT2D eigenvalue weighted by Crippen LogP contribution is -2.39. The molecule has 0 amide bonds. The maximum Gasteiger partial charge on any atom is 0.135 e. The second kappa shape index (κ2) is 8.70. The van der Waals surface area contributed by atoms with Crippen LogP contribution in [0.3, 0.4) is 0 Å². The number of furan rings is 1. The second-order valence-corrected chi connectivity index (χ2v) is 9.57. The molecule has 0 saturated heterocycles. The Morgan fingerprint density at radius 1 is 0.714 bits per heavy atom. The van der Waals surface area contributed by atoms with Gasteiger partial charge in [-0.1, -0.05) is 42.5 Å². The molecular formula is C31H28O4. The van der Waals surface area contributed by atoms with Gasteiger partial charge in [0.25, 0.3) is 0 Å². The van der Waals surface area contributed by atoms with E-state index in [0.29, 0.717) is 6.61 Å². The molecule has 1 aromatic heterocycles. The molecule has 0 saturated carbocycles. The van der Waals surface area contributed by atoms with Crippen LogP contribution in [-0.4, -0.2) is 20.8 Å². The number of methoxy groups -OCH3 is 2. The van der Waals surface area contributed by atoms with Crippen molar-refractivity contribution in [2.24, 2.45) is 5.41 Å². The Bertz CT molecular complexity index is 1430. The Labute approximate surface area is 205 Å². The molecule has 35 heavy (non-hydrogen) atoms. The van der Waals surface area contributed by atoms with Crippen molar-refractivity contribution in [2.75, 3.05) is 20.8 Å². The minimum absolute atomic E-state index is 0.0874. The van der Waals surface area contributed by atoms with Crippen LogP contribution in [0.25, 0.3) is 21.9 Å². The van der Waals surface area contributed by atoms with Crippen LogP contribution in [0.15, 0.2) is 89.3 Å². The van der Waals surface area contributed by atoms with Crippen LogP contribution in [0, 0.1) is 5.41 Å². The van der Waals surface area contributed by atoms with Gasteiger partial charge in [0.15, 0.2) is 0 Å². The summed E-state index contributed by atoms with van der Waals surface area (Å²) in [5, 5.41) is 2.24. The molecule has 0 N–H and O–H groups in total. The van der Waals surface area contributed by atoms with E-state index in [9.17, 15) is 0 Å².